The highest BCUT2D eigenvalue weighted by Crippen LogP contribution is 2.09. The molecule has 0 aliphatic carbocycles. The molecule has 1 saturated heterocycles. The van der Waals surface area contributed by atoms with Crippen molar-refractivity contribution in [3.8, 4) is 0 Å². The van der Waals surface area contributed by atoms with E-state index in [1.807, 2.05) is 17.8 Å². The van der Waals surface area contributed by atoms with Crippen molar-refractivity contribution in [1.82, 2.24) is 20.2 Å². The lowest BCUT2D eigenvalue weighted by Crippen LogP contribution is -2.40. The minimum Gasteiger partial charge on any atom is -0.349 e. The number of amides is 1. The van der Waals surface area contributed by atoms with Crippen molar-refractivity contribution < 1.29 is 4.79 Å². The number of aryl methyl sites for hydroxylation is 1. The summed E-state index contributed by atoms with van der Waals surface area (Å²) in [5.41, 5.74) is 0. The molecule has 5 nitrogen and oxygen atoms in total. The summed E-state index contributed by atoms with van der Waals surface area (Å²) in [6.45, 7) is 2.34. The molecule has 0 aromatic carbocycles. The van der Waals surface area contributed by atoms with Crippen LogP contribution in [0.1, 0.15) is 18.7 Å². The number of carbonyl (C=O) groups is 1. The first-order valence-electron chi connectivity index (χ1n) is 5.72. The number of aromatic nitrogens is 2. The van der Waals surface area contributed by atoms with Crippen molar-refractivity contribution in [2.24, 2.45) is 13.0 Å². The summed E-state index contributed by atoms with van der Waals surface area (Å²) in [5.74, 6) is 1.14. The lowest BCUT2D eigenvalue weighted by Gasteiger charge is -2.21. The van der Waals surface area contributed by atoms with E-state index in [2.05, 4.69) is 15.6 Å². The maximum absolute atomic E-state index is 11.8. The fraction of sp³-hybridized carbons (Fsp3) is 0.636. The van der Waals surface area contributed by atoms with E-state index in [9.17, 15) is 4.79 Å². The topological polar surface area (TPSA) is 59.0 Å². The van der Waals surface area contributed by atoms with Crippen molar-refractivity contribution in [3.05, 3.63) is 18.2 Å². The molecule has 104 valence electrons. The SMILES string of the molecule is Cl.Cl.Cn1ccnc1CNC(=O)C1CCCNC1. The van der Waals surface area contributed by atoms with Gasteiger partial charge in [-0.1, -0.05) is 0 Å². The Labute approximate surface area is 120 Å². The van der Waals surface area contributed by atoms with E-state index in [0.717, 1.165) is 31.8 Å². The highest BCUT2D eigenvalue weighted by Gasteiger charge is 2.20. The molecule has 2 heterocycles. The molecule has 1 aliphatic heterocycles. The highest BCUT2D eigenvalue weighted by atomic mass is 35.5. The molecular formula is C11H20Cl2N4O. The molecule has 1 unspecified atom stereocenters. The van der Waals surface area contributed by atoms with Gasteiger partial charge >= 0.3 is 0 Å². The Morgan fingerprint density at radius 3 is 2.94 bits per heavy atom. The number of carbonyl (C=O) groups excluding carboxylic acids is 1. The first-order valence-corrected chi connectivity index (χ1v) is 5.72. The third kappa shape index (κ3) is 4.48. The number of imidazole rings is 1. The van der Waals surface area contributed by atoms with Crippen molar-refractivity contribution in [1.29, 1.82) is 0 Å². The van der Waals surface area contributed by atoms with Crippen LogP contribution in [-0.2, 0) is 18.4 Å². The normalized spacial score (nSPS) is 18.4. The Balaban J connectivity index is 0.00000144. The van der Waals surface area contributed by atoms with Gasteiger partial charge in [0.1, 0.15) is 5.82 Å². The first-order chi connectivity index (χ1) is 7.77. The summed E-state index contributed by atoms with van der Waals surface area (Å²) >= 11 is 0. The van der Waals surface area contributed by atoms with E-state index in [4.69, 9.17) is 0 Å². The minimum atomic E-state index is 0. The molecule has 1 aromatic rings. The molecule has 1 amide bonds. The first kappa shape index (κ1) is 17.2. The van der Waals surface area contributed by atoms with Gasteiger partial charge in [0, 0.05) is 26.0 Å². The zero-order valence-electron chi connectivity index (χ0n) is 10.4. The number of piperidine rings is 1. The van der Waals surface area contributed by atoms with Crippen molar-refractivity contribution in [3.63, 3.8) is 0 Å². The molecule has 2 N–H and O–H groups in total. The van der Waals surface area contributed by atoms with Crippen LogP contribution in [0.4, 0.5) is 0 Å². The fourth-order valence-corrected chi connectivity index (χ4v) is 1.95. The Kier molecular flexibility index (Phi) is 7.98. The number of nitrogens with zero attached hydrogens (tertiary/aromatic N) is 2. The molecule has 1 fully saturated rings. The van der Waals surface area contributed by atoms with Gasteiger partial charge in [0.05, 0.1) is 12.5 Å². The predicted molar refractivity (Wildman–Crippen MR) is 75.1 cm³/mol. The van der Waals surface area contributed by atoms with E-state index in [1.165, 1.54) is 0 Å². The second-order valence-corrected chi connectivity index (χ2v) is 4.22. The Bertz CT molecular complexity index is 364. The van der Waals surface area contributed by atoms with E-state index >= 15 is 0 Å². The zero-order valence-corrected chi connectivity index (χ0v) is 12.0. The van der Waals surface area contributed by atoms with Crippen LogP contribution in [0.2, 0.25) is 0 Å². The van der Waals surface area contributed by atoms with Crippen LogP contribution in [0.3, 0.4) is 0 Å². The summed E-state index contributed by atoms with van der Waals surface area (Å²) < 4.78 is 1.92. The molecular weight excluding hydrogens is 275 g/mol. The van der Waals surface area contributed by atoms with Gasteiger partial charge in [-0.05, 0) is 19.4 Å². The van der Waals surface area contributed by atoms with Crippen LogP contribution in [0.25, 0.3) is 0 Å². The Morgan fingerprint density at radius 1 is 1.61 bits per heavy atom. The third-order valence-electron chi connectivity index (χ3n) is 3.01. The van der Waals surface area contributed by atoms with E-state index in [1.54, 1.807) is 6.20 Å². The number of hydrogen-bond acceptors (Lipinski definition) is 3. The van der Waals surface area contributed by atoms with Crippen molar-refractivity contribution in [2.45, 2.75) is 19.4 Å². The predicted octanol–water partition coefficient (Wildman–Crippen LogP) is 0.879. The van der Waals surface area contributed by atoms with Crippen molar-refractivity contribution >= 4 is 30.7 Å². The van der Waals surface area contributed by atoms with Crippen LogP contribution in [0, 0.1) is 5.92 Å². The molecule has 1 aliphatic rings. The van der Waals surface area contributed by atoms with Gasteiger partial charge < -0.3 is 15.2 Å². The van der Waals surface area contributed by atoms with Crippen LogP contribution >= 0.6 is 24.8 Å². The van der Waals surface area contributed by atoms with Crippen LogP contribution in [0.5, 0.6) is 0 Å². The van der Waals surface area contributed by atoms with Gasteiger partial charge in [-0.25, -0.2) is 4.98 Å². The summed E-state index contributed by atoms with van der Waals surface area (Å²) in [4.78, 5) is 16.0. The second kappa shape index (κ2) is 8.34. The molecule has 18 heavy (non-hydrogen) atoms. The van der Waals surface area contributed by atoms with Crippen LogP contribution in [0.15, 0.2) is 12.4 Å². The Morgan fingerprint density at radius 2 is 2.39 bits per heavy atom. The minimum absolute atomic E-state index is 0. The van der Waals surface area contributed by atoms with Gasteiger partial charge in [-0.15, -0.1) is 24.8 Å². The molecule has 2 rings (SSSR count). The summed E-state index contributed by atoms with van der Waals surface area (Å²) in [7, 11) is 1.93. The largest absolute Gasteiger partial charge is 0.349 e. The lowest BCUT2D eigenvalue weighted by molar-refractivity contribution is -0.125. The molecule has 7 heteroatoms. The average molecular weight is 295 g/mol. The number of rotatable bonds is 3. The van der Waals surface area contributed by atoms with Crippen LogP contribution < -0.4 is 10.6 Å². The zero-order chi connectivity index (χ0) is 11.4. The van der Waals surface area contributed by atoms with Gasteiger partial charge in [-0.3, -0.25) is 4.79 Å². The van der Waals surface area contributed by atoms with Gasteiger partial charge in [0.2, 0.25) is 5.91 Å². The number of nitrogens with one attached hydrogen (secondary N) is 2. The highest BCUT2D eigenvalue weighted by molar-refractivity contribution is 5.85. The third-order valence-corrected chi connectivity index (χ3v) is 3.01. The van der Waals surface area contributed by atoms with E-state index in [0.29, 0.717) is 6.54 Å². The molecule has 1 aromatic heterocycles. The maximum Gasteiger partial charge on any atom is 0.224 e. The van der Waals surface area contributed by atoms with Gasteiger partial charge in [-0.2, -0.15) is 0 Å². The number of halogens is 2. The Hall–Kier alpha value is -0.780. The van der Waals surface area contributed by atoms with Crippen molar-refractivity contribution in [2.75, 3.05) is 13.1 Å². The van der Waals surface area contributed by atoms with Crippen LogP contribution in [-0.4, -0.2) is 28.5 Å². The summed E-state index contributed by atoms with van der Waals surface area (Å²) in [6, 6.07) is 0. The van der Waals surface area contributed by atoms with E-state index < -0.39 is 0 Å². The standard InChI is InChI=1S/C11H18N4O.2ClH/c1-15-6-5-13-10(15)8-14-11(16)9-3-2-4-12-7-9;;/h5-6,9,12H,2-4,7-8H2,1H3,(H,14,16);2*1H. The maximum atomic E-state index is 11.8. The van der Waals surface area contributed by atoms with Gasteiger partial charge in [0.25, 0.3) is 0 Å². The number of hydrogen-bond donors (Lipinski definition) is 2. The molecule has 0 spiro atoms. The summed E-state index contributed by atoms with van der Waals surface area (Å²) in [6.07, 6.45) is 5.69. The summed E-state index contributed by atoms with van der Waals surface area (Å²) in [5, 5.41) is 6.17. The second-order valence-electron chi connectivity index (χ2n) is 4.22. The van der Waals surface area contributed by atoms with Gasteiger partial charge in [0.15, 0.2) is 0 Å². The molecule has 1 atom stereocenters. The monoisotopic (exact) mass is 294 g/mol. The fourth-order valence-electron chi connectivity index (χ4n) is 1.95. The lowest BCUT2D eigenvalue weighted by atomic mass is 9.99. The average Bonchev–Trinajstić information content (AvgIpc) is 2.73. The molecule has 0 radical (unpaired) electrons. The molecule has 0 bridgehead atoms. The smallest absolute Gasteiger partial charge is 0.224 e. The van der Waals surface area contributed by atoms with E-state index in [-0.39, 0.29) is 36.6 Å². The quantitative estimate of drug-likeness (QED) is 0.870. The molecule has 0 saturated carbocycles.